The Kier molecular flexibility index (Phi) is 77.8. The minimum Gasteiger partial charge on any atom is -0.300 e. The van der Waals surface area contributed by atoms with Crippen molar-refractivity contribution in [3.63, 3.8) is 0 Å². The van der Waals surface area contributed by atoms with Crippen LogP contribution in [0.1, 0.15) is 90.5 Å². The van der Waals surface area contributed by atoms with E-state index in [9.17, 15) is 17.4 Å². The summed E-state index contributed by atoms with van der Waals surface area (Å²) in [7, 11) is 3.87. The summed E-state index contributed by atoms with van der Waals surface area (Å²) >= 11 is 4.54. The molecule has 0 amide bonds. The maximum atomic E-state index is 9.63. The minimum absolute atomic E-state index is 0. The molecule has 0 fully saturated rings. The molecule has 0 bridgehead atoms. The summed E-state index contributed by atoms with van der Waals surface area (Å²) < 4.78 is 28.8. The zero-order valence-electron chi connectivity index (χ0n) is 27.6. The van der Waals surface area contributed by atoms with Gasteiger partial charge in [0.2, 0.25) is 0 Å². The van der Waals surface area contributed by atoms with Crippen molar-refractivity contribution < 1.29 is 17.4 Å². The largest absolute Gasteiger partial charge is 0.300 e. The Morgan fingerprint density at radius 2 is 0.605 bits per heavy atom. The van der Waals surface area contributed by atoms with E-state index in [4.69, 9.17) is 0 Å². The lowest BCUT2D eigenvalue weighted by Crippen LogP contribution is -1.86. The van der Waals surface area contributed by atoms with Crippen LogP contribution < -0.4 is 0 Å². The summed E-state index contributed by atoms with van der Waals surface area (Å²) in [6, 6.07) is 0. The third-order valence-electron chi connectivity index (χ3n) is 1.79. The number of ketones is 1. The summed E-state index contributed by atoms with van der Waals surface area (Å²) in [4.78, 5) is 25.7. The van der Waals surface area contributed by atoms with Crippen LogP contribution in [0.25, 0.3) is 0 Å². The molecule has 0 unspecified atom stereocenters. The molecule has 0 aromatic carbocycles. The number of nitrogens with zero attached hydrogens (tertiary/aromatic N) is 4. The van der Waals surface area contributed by atoms with Crippen LogP contribution in [0.2, 0.25) is 0 Å². The lowest BCUT2D eigenvalue weighted by Gasteiger charge is -1.74. The van der Waals surface area contributed by atoms with Gasteiger partial charge in [0.25, 0.3) is 0 Å². The minimum atomic E-state index is -2.67. The number of aliphatic imine (C=N–C) groups is 4. The summed E-state index contributed by atoms with van der Waals surface area (Å²) in [5.74, 6) is 0.167. The van der Waals surface area contributed by atoms with Gasteiger partial charge in [-0.2, -0.15) is 0 Å². The molecule has 38 heavy (non-hydrogen) atoms. The molecule has 0 aromatic rings. The number of thiocarbonyl (C=S) groups is 1. The predicted octanol–water partition coefficient (Wildman–Crippen LogP) is 6.67. The van der Waals surface area contributed by atoms with Crippen molar-refractivity contribution in [2.24, 2.45) is 20.0 Å². The van der Waals surface area contributed by atoms with Crippen LogP contribution in [0.3, 0.4) is 0 Å². The van der Waals surface area contributed by atoms with Gasteiger partial charge < -0.3 is 4.79 Å². The molecule has 0 aliphatic rings. The van der Waals surface area contributed by atoms with Gasteiger partial charge in [0.05, 0.1) is 0 Å². The van der Waals surface area contributed by atoms with Gasteiger partial charge in [-0.05, 0) is 87.9 Å². The molecule has 8 nitrogen and oxygen atoms in total. The molecular weight excluding hydrogens is 541 g/mol. The summed E-state index contributed by atoms with van der Waals surface area (Å²) in [5, 5.41) is 0. The van der Waals surface area contributed by atoms with Crippen molar-refractivity contribution in [2.45, 2.75) is 90.5 Å². The highest BCUT2D eigenvalue weighted by Crippen LogP contribution is 1.65. The smallest absolute Gasteiger partial charge is 0.144 e. The first kappa shape index (κ1) is 60.9. The van der Waals surface area contributed by atoms with E-state index in [1.54, 1.807) is 40.7 Å². The molecule has 0 rings (SSSR count). The van der Waals surface area contributed by atoms with Crippen LogP contribution in [0, 0.1) is 0 Å². The number of carbonyl (C=O) groups is 1. The fourth-order valence-electron chi connectivity index (χ4n) is 0. The number of hydrogen-bond donors (Lipinski definition) is 0. The van der Waals surface area contributed by atoms with Crippen molar-refractivity contribution in [1.29, 1.82) is 0 Å². The second-order valence-corrected chi connectivity index (χ2v) is 13.0. The number of sulfone groups is 1. The van der Waals surface area contributed by atoms with Gasteiger partial charge in [0.15, 0.2) is 0 Å². The predicted molar refractivity (Wildman–Crippen MR) is 187 cm³/mol. The van der Waals surface area contributed by atoms with E-state index < -0.39 is 20.6 Å². The van der Waals surface area contributed by atoms with Crippen LogP contribution in [-0.2, 0) is 25.4 Å². The molecule has 0 heterocycles. The fourth-order valence-corrected chi connectivity index (χ4v) is 0. The Balaban J connectivity index is -0.0000000361. The molecule has 0 saturated heterocycles. The van der Waals surface area contributed by atoms with Crippen LogP contribution in [-0.4, -0.2) is 99.3 Å². The Morgan fingerprint density at radius 3 is 0.605 bits per heavy atom. The monoisotopic (exact) mass is 604 g/mol. The average molecular weight is 605 g/mol. The van der Waals surface area contributed by atoms with Gasteiger partial charge in [0.1, 0.15) is 15.6 Å². The third kappa shape index (κ3) is 908. The van der Waals surface area contributed by atoms with E-state index in [-0.39, 0.29) is 13.2 Å². The molecule has 234 valence electrons. The third-order valence-corrected chi connectivity index (χ3v) is 1.79. The van der Waals surface area contributed by atoms with Crippen molar-refractivity contribution in [1.82, 2.24) is 0 Å². The lowest BCUT2D eigenvalue weighted by atomic mass is 10.5. The maximum Gasteiger partial charge on any atom is 0.144 e. The highest BCUT2D eigenvalue weighted by atomic mass is 32.2. The molecule has 0 atom stereocenters. The van der Waals surface area contributed by atoms with E-state index in [0.29, 0.717) is 0 Å². The first-order chi connectivity index (χ1) is 16.3. The standard InChI is InChI=1S/4C4H9N.C3H6O.C3H6S.C2H6O2S.C2H6OS.CH4/c4*1-4(2)5-3;2*1-3(2)4;1-5(2,3)4;1-4(2)3;/h4*1-3H3;2*1-2H3;1-2H3;1-2H3;1H4. The summed E-state index contributed by atoms with van der Waals surface area (Å²) in [6.07, 6.45) is 5.60. The second kappa shape index (κ2) is 48.6. The quantitative estimate of drug-likeness (QED) is 0.226. The number of hydrogen-bond acceptors (Lipinski definition) is 9. The van der Waals surface area contributed by atoms with Crippen LogP contribution in [0.15, 0.2) is 20.0 Å². The van der Waals surface area contributed by atoms with Gasteiger partial charge in [-0.1, -0.05) is 19.6 Å². The SMILES string of the molecule is C.CC(C)=O.CC(C)=S.CN=C(C)C.CN=C(C)C.CN=C(C)C.CN=C(C)C.CS(C)(=O)=O.CS(C)=O. The molecule has 0 spiro atoms. The highest BCUT2D eigenvalue weighted by molar-refractivity contribution is 7.89. The topological polar surface area (TPSA) is 118 Å². The summed E-state index contributed by atoms with van der Waals surface area (Å²) in [6.45, 7) is 22.6. The first-order valence-corrected chi connectivity index (χ1v) is 15.9. The van der Waals surface area contributed by atoms with Crippen molar-refractivity contribution in [3.05, 3.63) is 0 Å². The highest BCUT2D eigenvalue weighted by Gasteiger charge is 1.79. The molecule has 0 N–H and O–H groups in total. The Hall–Kier alpha value is -1.46. The first-order valence-electron chi connectivity index (χ1n) is 11.2. The Bertz CT molecular complexity index is 643. The molecule has 0 radical (unpaired) electrons. The van der Waals surface area contributed by atoms with E-state index in [2.05, 4.69) is 32.2 Å². The zero-order valence-corrected chi connectivity index (χ0v) is 30.1. The van der Waals surface area contributed by atoms with Crippen LogP contribution in [0.4, 0.5) is 0 Å². The van der Waals surface area contributed by atoms with Gasteiger partial charge in [-0.15, -0.1) is 0 Å². The molecule has 11 heteroatoms. The fraction of sp³-hybridized carbons (Fsp3) is 0.778. The molecular formula is C27H64N4O4S3. The average Bonchev–Trinajstić information content (AvgIpc) is 2.66. The van der Waals surface area contributed by atoms with Crippen LogP contribution >= 0.6 is 12.2 Å². The van der Waals surface area contributed by atoms with E-state index >= 15 is 0 Å². The number of carbonyl (C=O) groups excluding carboxylic acids is 1. The van der Waals surface area contributed by atoms with Gasteiger partial charge in [0, 0.05) is 86.9 Å². The molecule has 0 aliphatic heterocycles. The normalized spacial score (nSPS) is 7.50. The number of rotatable bonds is 0. The summed E-state index contributed by atoms with van der Waals surface area (Å²) in [5.41, 5.74) is 4.52. The Labute approximate surface area is 246 Å². The Morgan fingerprint density at radius 1 is 0.579 bits per heavy atom. The lowest BCUT2D eigenvalue weighted by molar-refractivity contribution is -0.115. The zero-order chi connectivity index (χ0) is 32.4. The molecule has 0 saturated carbocycles. The van der Waals surface area contributed by atoms with Crippen molar-refractivity contribution >= 4 is 66.3 Å². The molecule has 0 aromatic heterocycles. The maximum absolute atomic E-state index is 9.63. The van der Waals surface area contributed by atoms with E-state index in [0.717, 1.165) is 40.2 Å². The van der Waals surface area contributed by atoms with E-state index in [1.165, 1.54) is 13.8 Å². The number of Topliss-reactive ketones (excluding diaryl/α,β-unsaturated/α-hetero) is 1. The van der Waals surface area contributed by atoms with Gasteiger partial charge >= 0.3 is 0 Å². The van der Waals surface area contributed by atoms with E-state index in [1.807, 2.05) is 69.2 Å². The van der Waals surface area contributed by atoms with Gasteiger partial charge in [-0.3, -0.25) is 24.2 Å². The van der Waals surface area contributed by atoms with Crippen LogP contribution in [0.5, 0.6) is 0 Å². The van der Waals surface area contributed by atoms with Crippen molar-refractivity contribution in [3.8, 4) is 0 Å². The van der Waals surface area contributed by atoms with Crippen molar-refractivity contribution in [2.75, 3.05) is 53.2 Å². The molecule has 0 aliphatic carbocycles. The second-order valence-electron chi connectivity index (χ2n) is 8.38. The van der Waals surface area contributed by atoms with Gasteiger partial charge in [-0.25, -0.2) is 8.42 Å².